The largest absolute Gasteiger partial charge is 0.310 e. The minimum atomic E-state index is 0.449. The third-order valence-corrected chi connectivity index (χ3v) is 3.69. The van der Waals surface area contributed by atoms with Gasteiger partial charge in [0, 0.05) is 18.1 Å². The molecule has 0 spiro atoms. The van der Waals surface area contributed by atoms with Crippen LogP contribution < -0.4 is 5.32 Å². The molecule has 14 heavy (non-hydrogen) atoms. The Kier molecular flexibility index (Phi) is 4.46. The summed E-state index contributed by atoms with van der Waals surface area (Å²) < 4.78 is 0. The molecule has 0 bridgehead atoms. The highest BCUT2D eigenvalue weighted by Gasteiger charge is 2.31. The Bertz CT molecular complexity index is 208. The van der Waals surface area contributed by atoms with Gasteiger partial charge in [-0.15, -0.1) is 0 Å². The molecular weight excluding hydrogens is 194 g/mol. The first kappa shape index (κ1) is 12.1. The van der Waals surface area contributed by atoms with Gasteiger partial charge in [-0.2, -0.15) is 0 Å². The van der Waals surface area contributed by atoms with Crippen molar-refractivity contribution in [3.8, 4) is 0 Å². The highest BCUT2D eigenvalue weighted by atomic mass is 35.5. The number of hydrogen-bond acceptors (Lipinski definition) is 1. The Morgan fingerprint density at radius 3 is 2.79 bits per heavy atom. The van der Waals surface area contributed by atoms with Gasteiger partial charge in [0.1, 0.15) is 0 Å². The summed E-state index contributed by atoms with van der Waals surface area (Å²) >= 11 is 5.64. The van der Waals surface area contributed by atoms with Crippen LogP contribution >= 0.6 is 11.6 Å². The summed E-state index contributed by atoms with van der Waals surface area (Å²) in [6.07, 6.45) is 5.40. The van der Waals surface area contributed by atoms with E-state index in [1.807, 2.05) is 0 Å². The van der Waals surface area contributed by atoms with E-state index in [4.69, 9.17) is 11.6 Å². The van der Waals surface area contributed by atoms with Crippen molar-refractivity contribution in [3.05, 3.63) is 11.1 Å². The number of rotatable bonds is 3. The molecule has 0 aliphatic heterocycles. The monoisotopic (exact) mass is 215 g/mol. The first-order valence-corrected chi connectivity index (χ1v) is 5.99. The van der Waals surface area contributed by atoms with Crippen molar-refractivity contribution in [2.75, 3.05) is 6.54 Å². The van der Waals surface area contributed by atoms with Gasteiger partial charge >= 0.3 is 0 Å². The van der Waals surface area contributed by atoms with E-state index in [1.165, 1.54) is 31.3 Å². The van der Waals surface area contributed by atoms with Crippen LogP contribution in [0.15, 0.2) is 11.1 Å². The molecule has 2 heteroatoms. The number of nitrogens with one attached hydrogen (secondary N) is 1. The fourth-order valence-electron chi connectivity index (χ4n) is 2.20. The lowest BCUT2D eigenvalue weighted by molar-refractivity contribution is 0.171. The fourth-order valence-corrected chi connectivity index (χ4v) is 2.27. The van der Waals surface area contributed by atoms with Crippen LogP contribution in [-0.2, 0) is 0 Å². The average molecular weight is 216 g/mol. The summed E-state index contributed by atoms with van der Waals surface area (Å²) in [5.41, 5.74) is 3.33. The molecule has 0 saturated heterocycles. The molecule has 0 aromatic heterocycles. The highest BCUT2D eigenvalue weighted by Crippen LogP contribution is 2.35. The first-order valence-electron chi connectivity index (χ1n) is 5.55. The van der Waals surface area contributed by atoms with E-state index in [0.717, 1.165) is 6.54 Å². The predicted molar refractivity (Wildman–Crippen MR) is 63.6 cm³/mol. The third kappa shape index (κ3) is 3.29. The van der Waals surface area contributed by atoms with Gasteiger partial charge in [0.15, 0.2) is 0 Å². The third-order valence-electron chi connectivity index (χ3n) is 3.32. The lowest BCUT2D eigenvalue weighted by Crippen LogP contribution is -2.44. The standard InChI is InChI=1S/C12H22ClN/c1-10(8-13)9-14-11-6-4-5-7-12(11,2)3/h8,11,14H,4-7,9H2,1-3H3. The number of hydrogen-bond donors (Lipinski definition) is 1. The van der Waals surface area contributed by atoms with Crippen molar-refractivity contribution in [3.63, 3.8) is 0 Å². The Hall–Kier alpha value is -0.0100. The second-order valence-electron chi connectivity index (χ2n) is 5.12. The predicted octanol–water partition coefficient (Wildman–Crippen LogP) is 3.69. The summed E-state index contributed by atoms with van der Waals surface area (Å²) in [4.78, 5) is 0. The fraction of sp³-hybridized carbons (Fsp3) is 0.833. The zero-order valence-electron chi connectivity index (χ0n) is 9.57. The molecule has 0 radical (unpaired) electrons. The van der Waals surface area contributed by atoms with Crippen molar-refractivity contribution in [1.29, 1.82) is 0 Å². The molecule has 1 N–H and O–H groups in total. The minimum absolute atomic E-state index is 0.449. The second kappa shape index (κ2) is 5.18. The van der Waals surface area contributed by atoms with Crippen molar-refractivity contribution in [2.45, 2.75) is 52.5 Å². The molecular formula is C12H22ClN. The zero-order valence-corrected chi connectivity index (χ0v) is 10.3. The smallest absolute Gasteiger partial charge is 0.0176 e. The molecule has 0 heterocycles. The Morgan fingerprint density at radius 2 is 2.21 bits per heavy atom. The minimum Gasteiger partial charge on any atom is -0.310 e. The van der Waals surface area contributed by atoms with E-state index >= 15 is 0 Å². The van der Waals surface area contributed by atoms with Crippen molar-refractivity contribution >= 4 is 11.6 Å². The SMILES string of the molecule is CC(=CCl)CNC1CCCCC1(C)C. The summed E-state index contributed by atoms with van der Waals surface area (Å²) in [5.74, 6) is 0. The molecule has 1 saturated carbocycles. The van der Waals surface area contributed by atoms with Gasteiger partial charge in [-0.25, -0.2) is 0 Å². The lowest BCUT2D eigenvalue weighted by atomic mass is 9.73. The molecule has 1 rings (SSSR count). The Labute approximate surface area is 92.9 Å². The average Bonchev–Trinajstić information content (AvgIpc) is 2.15. The maximum absolute atomic E-state index is 5.64. The van der Waals surface area contributed by atoms with E-state index in [9.17, 15) is 0 Å². The second-order valence-corrected chi connectivity index (χ2v) is 5.34. The molecule has 1 fully saturated rings. The highest BCUT2D eigenvalue weighted by molar-refractivity contribution is 6.25. The maximum atomic E-state index is 5.64. The molecule has 1 aliphatic carbocycles. The summed E-state index contributed by atoms with van der Waals surface area (Å²) in [6, 6.07) is 0.655. The quantitative estimate of drug-likeness (QED) is 0.758. The van der Waals surface area contributed by atoms with Crippen LogP contribution in [0, 0.1) is 5.41 Å². The molecule has 1 unspecified atom stereocenters. The van der Waals surface area contributed by atoms with E-state index in [0.29, 0.717) is 11.5 Å². The summed E-state index contributed by atoms with van der Waals surface area (Å²) in [5, 5.41) is 3.61. The summed E-state index contributed by atoms with van der Waals surface area (Å²) in [6.45, 7) is 7.72. The van der Waals surface area contributed by atoms with Gasteiger partial charge in [0.25, 0.3) is 0 Å². The van der Waals surface area contributed by atoms with E-state index < -0.39 is 0 Å². The molecule has 0 amide bonds. The van der Waals surface area contributed by atoms with Crippen LogP contribution in [0.4, 0.5) is 0 Å². The van der Waals surface area contributed by atoms with Crippen molar-refractivity contribution in [1.82, 2.24) is 5.32 Å². The molecule has 82 valence electrons. The van der Waals surface area contributed by atoms with Crippen LogP contribution in [0.5, 0.6) is 0 Å². The topological polar surface area (TPSA) is 12.0 Å². The van der Waals surface area contributed by atoms with Gasteiger partial charge in [0.05, 0.1) is 0 Å². The van der Waals surface area contributed by atoms with Gasteiger partial charge in [-0.05, 0) is 30.8 Å². The maximum Gasteiger partial charge on any atom is 0.0176 e. The van der Waals surface area contributed by atoms with E-state index in [1.54, 1.807) is 5.54 Å². The Balaban J connectivity index is 2.42. The van der Waals surface area contributed by atoms with Crippen LogP contribution in [0.25, 0.3) is 0 Å². The van der Waals surface area contributed by atoms with Gasteiger partial charge in [-0.1, -0.05) is 38.3 Å². The summed E-state index contributed by atoms with van der Waals surface area (Å²) in [7, 11) is 0. The normalized spacial score (nSPS) is 27.7. The molecule has 0 aromatic rings. The van der Waals surface area contributed by atoms with Crippen molar-refractivity contribution in [2.24, 2.45) is 5.41 Å². The lowest BCUT2D eigenvalue weighted by Gasteiger charge is -2.39. The molecule has 1 atom stereocenters. The van der Waals surface area contributed by atoms with Gasteiger partial charge < -0.3 is 5.32 Å². The molecule has 0 aromatic carbocycles. The van der Waals surface area contributed by atoms with E-state index in [2.05, 4.69) is 26.1 Å². The molecule has 1 nitrogen and oxygen atoms in total. The molecule has 1 aliphatic rings. The van der Waals surface area contributed by atoms with Crippen molar-refractivity contribution < 1.29 is 0 Å². The van der Waals surface area contributed by atoms with E-state index in [-0.39, 0.29) is 0 Å². The zero-order chi connectivity index (χ0) is 10.6. The number of halogens is 1. The Morgan fingerprint density at radius 1 is 1.50 bits per heavy atom. The van der Waals surface area contributed by atoms with Crippen LogP contribution in [-0.4, -0.2) is 12.6 Å². The van der Waals surface area contributed by atoms with Crippen LogP contribution in [0.2, 0.25) is 0 Å². The van der Waals surface area contributed by atoms with Gasteiger partial charge in [-0.3, -0.25) is 0 Å². The van der Waals surface area contributed by atoms with Crippen LogP contribution in [0.3, 0.4) is 0 Å². The van der Waals surface area contributed by atoms with Crippen LogP contribution in [0.1, 0.15) is 46.5 Å². The van der Waals surface area contributed by atoms with Gasteiger partial charge in [0.2, 0.25) is 0 Å². The first-order chi connectivity index (χ1) is 6.56.